The Hall–Kier alpha value is -3.06. The van der Waals surface area contributed by atoms with Crippen LogP contribution in [0.5, 0.6) is 0 Å². The zero-order valence-electron chi connectivity index (χ0n) is 42.6. The summed E-state index contributed by atoms with van der Waals surface area (Å²) in [6.07, 6.45) is 26.1. The number of nitrogens with zero attached hydrogens (tertiary/aromatic N) is 1. The highest BCUT2D eigenvalue weighted by Crippen LogP contribution is 2.12. The lowest BCUT2D eigenvalue weighted by Gasteiger charge is -2.21. The van der Waals surface area contributed by atoms with Crippen LogP contribution in [0.1, 0.15) is 220 Å². The summed E-state index contributed by atoms with van der Waals surface area (Å²) in [6.45, 7) is 14.2. The van der Waals surface area contributed by atoms with Crippen LogP contribution in [0.3, 0.4) is 0 Å². The Balaban J connectivity index is 4.22. The van der Waals surface area contributed by atoms with Gasteiger partial charge in [-0.2, -0.15) is 0 Å². The van der Waals surface area contributed by atoms with Crippen molar-refractivity contribution in [3.8, 4) is 47.4 Å². The second kappa shape index (κ2) is 52.9. The Kier molecular flexibility index (Phi) is 50.4. The van der Waals surface area contributed by atoms with Crippen molar-refractivity contribution in [3.05, 3.63) is 0 Å². The molecule has 0 aromatic rings. The van der Waals surface area contributed by atoms with Crippen molar-refractivity contribution in [2.75, 3.05) is 65.9 Å². The van der Waals surface area contributed by atoms with Gasteiger partial charge in [-0.25, -0.2) is 0 Å². The minimum absolute atomic E-state index is 0.165. The van der Waals surface area contributed by atoms with Crippen molar-refractivity contribution in [3.63, 3.8) is 0 Å². The largest absolute Gasteiger partial charge is 0.466 e. The Morgan fingerprint density at radius 1 is 0.394 bits per heavy atom. The van der Waals surface area contributed by atoms with Gasteiger partial charge in [-0.1, -0.05) is 91.9 Å². The number of aliphatic hydroxyl groups is 1. The third kappa shape index (κ3) is 47.4. The summed E-state index contributed by atoms with van der Waals surface area (Å²) in [5.74, 6) is 25.0. The molecule has 66 heavy (non-hydrogen) atoms. The predicted octanol–water partition coefficient (Wildman–Crippen LogP) is 11.9. The fourth-order valence-corrected chi connectivity index (χ4v) is 6.56. The van der Waals surface area contributed by atoms with Gasteiger partial charge < -0.3 is 38.4 Å². The van der Waals surface area contributed by atoms with Crippen LogP contribution < -0.4 is 0 Å². The zero-order chi connectivity index (χ0) is 48.1. The highest BCUT2D eigenvalue weighted by Gasteiger charge is 2.15. The van der Waals surface area contributed by atoms with E-state index in [0.29, 0.717) is 84.7 Å². The van der Waals surface area contributed by atoms with Crippen molar-refractivity contribution in [1.82, 2.24) is 4.90 Å². The molecule has 10 nitrogen and oxygen atoms in total. The molecule has 10 heteroatoms. The van der Waals surface area contributed by atoms with E-state index in [0.717, 1.165) is 154 Å². The second-order valence-electron chi connectivity index (χ2n) is 16.8. The molecule has 0 unspecified atom stereocenters. The van der Waals surface area contributed by atoms with Gasteiger partial charge in [0.1, 0.15) is 0 Å². The maximum absolute atomic E-state index is 12.5. The first-order valence-electron chi connectivity index (χ1n) is 26.4. The standard InChI is InChI=1S/C56H95NO9/c1-5-9-13-17-25-35-49-63-55(64-50-36-26-18-14-10-6-2)41-39-53(59)61-47-33-29-21-23-31-43-57(45-46-58)44-32-24-22-30-34-48-62-54(60)40-42-56(65-51-37-27-19-15-11-7-3)66-52-38-28-20-16-12-8-4/h55-56,58H,5-16,21-24,29-52H2,1-4H3. The monoisotopic (exact) mass is 926 g/mol. The number of esters is 2. The number of aliphatic hydroxyl groups excluding tert-OH is 1. The SMILES string of the molecule is CCCCC#CCCOC(CCC(=O)OCCCCCCCN(CCO)CCCCCCCOC(=O)CCC(OCCC#CCCCC)OCCC#CCCCC)OCCC#CCCCC. The van der Waals surface area contributed by atoms with Gasteiger partial charge in [0.2, 0.25) is 0 Å². The molecule has 1 N–H and O–H groups in total. The van der Waals surface area contributed by atoms with E-state index >= 15 is 0 Å². The summed E-state index contributed by atoms with van der Waals surface area (Å²) in [4.78, 5) is 27.3. The van der Waals surface area contributed by atoms with Gasteiger partial charge in [-0.15, -0.1) is 47.4 Å². The number of hydrogen-bond acceptors (Lipinski definition) is 10. The van der Waals surface area contributed by atoms with Crippen LogP contribution in [0, 0.1) is 47.4 Å². The van der Waals surface area contributed by atoms with Crippen LogP contribution >= 0.6 is 0 Å². The average molecular weight is 926 g/mol. The molecule has 0 atom stereocenters. The van der Waals surface area contributed by atoms with E-state index in [1.807, 2.05) is 0 Å². The number of hydrogen-bond donors (Lipinski definition) is 1. The van der Waals surface area contributed by atoms with E-state index in [2.05, 4.69) is 80.0 Å². The zero-order valence-corrected chi connectivity index (χ0v) is 42.6. The van der Waals surface area contributed by atoms with E-state index in [9.17, 15) is 14.7 Å². The Morgan fingerprint density at radius 2 is 0.697 bits per heavy atom. The minimum Gasteiger partial charge on any atom is -0.466 e. The summed E-state index contributed by atoms with van der Waals surface area (Å²) < 4.78 is 34.8. The number of carbonyl (C=O) groups is 2. The van der Waals surface area contributed by atoms with Gasteiger partial charge in [-0.05, 0) is 64.5 Å². The molecule has 0 aromatic heterocycles. The van der Waals surface area contributed by atoms with E-state index in [1.54, 1.807) is 0 Å². The first-order chi connectivity index (χ1) is 32.5. The molecule has 0 aliphatic rings. The smallest absolute Gasteiger partial charge is 0.305 e. The molecule has 378 valence electrons. The summed E-state index contributed by atoms with van der Waals surface area (Å²) in [5.41, 5.74) is 0. The number of ether oxygens (including phenoxy) is 6. The number of carbonyl (C=O) groups excluding carboxylic acids is 2. The molecule has 0 aliphatic carbocycles. The lowest BCUT2D eigenvalue weighted by molar-refractivity contribution is -0.157. The van der Waals surface area contributed by atoms with E-state index in [4.69, 9.17) is 28.4 Å². The summed E-state index contributed by atoms with van der Waals surface area (Å²) in [5, 5.41) is 9.62. The van der Waals surface area contributed by atoms with Crippen LogP contribution in [-0.4, -0.2) is 100 Å². The molecule has 0 amide bonds. The van der Waals surface area contributed by atoms with E-state index in [-0.39, 0.29) is 31.4 Å². The summed E-state index contributed by atoms with van der Waals surface area (Å²) in [7, 11) is 0. The predicted molar refractivity (Wildman–Crippen MR) is 269 cm³/mol. The van der Waals surface area contributed by atoms with Crippen molar-refractivity contribution in [2.45, 2.75) is 233 Å². The molecule has 0 aromatic carbocycles. The lowest BCUT2D eigenvalue weighted by atomic mass is 10.1. The highest BCUT2D eigenvalue weighted by molar-refractivity contribution is 5.69. The van der Waals surface area contributed by atoms with Gasteiger partial charge in [0.15, 0.2) is 12.6 Å². The maximum atomic E-state index is 12.5. The summed E-state index contributed by atoms with van der Waals surface area (Å²) in [6, 6.07) is 0. The molecule has 0 bridgehead atoms. The topological polar surface area (TPSA) is 113 Å². The summed E-state index contributed by atoms with van der Waals surface area (Å²) >= 11 is 0. The third-order valence-electron chi connectivity index (χ3n) is 10.6. The minimum atomic E-state index is -0.466. The van der Waals surface area contributed by atoms with Gasteiger partial charge in [0.05, 0.1) is 59.1 Å². The molecule has 0 fully saturated rings. The number of rotatable bonds is 44. The normalized spacial score (nSPS) is 10.8. The van der Waals surface area contributed by atoms with Crippen molar-refractivity contribution in [1.29, 1.82) is 0 Å². The molecule has 0 spiro atoms. The molecule has 0 aliphatic heterocycles. The molecule has 0 heterocycles. The Morgan fingerprint density at radius 3 is 1.02 bits per heavy atom. The Labute approximate surface area is 404 Å². The molecule has 0 saturated carbocycles. The highest BCUT2D eigenvalue weighted by atomic mass is 16.7. The number of unbranched alkanes of at least 4 members (excludes halogenated alkanes) is 16. The first-order valence-corrected chi connectivity index (χ1v) is 26.4. The van der Waals surface area contributed by atoms with Crippen LogP contribution in [-0.2, 0) is 38.0 Å². The second-order valence-corrected chi connectivity index (χ2v) is 16.8. The van der Waals surface area contributed by atoms with Crippen molar-refractivity contribution in [2.24, 2.45) is 0 Å². The van der Waals surface area contributed by atoms with Gasteiger partial charge in [0, 0.05) is 70.8 Å². The van der Waals surface area contributed by atoms with Crippen LogP contribution in [0.25, 0.3) is 0 Å². The van der Waals surface area contributed by atoms with E-state index < -0.39 is 12.6 Å². The lowest BCUT2D eigenvalue weighted by Crippen LogP contribution is -2.29. The molecular weight excluding hydrogens is 831 g/mol. The molecule has 0 saturated heterocycles. The third-order valence-corrected chi connectivity index (χ3v) is 10.6. The first kappa shape index (κ1) is 62.9. The van der Waals surface area contributed by atoms with Crippen LogP contribution in [0.2, 0.25) is 0 Å². The van der Waals surface area contributed by atoms with Crippen molar-refractivity contribution >= 4 is 11.9 Å². The van der Waals surface area contributed by atoms with Crippen molar-refractivity contribution < 1.29 is 43.1 Å². The fraction of sp³-hybridized carbons (Fsp3) is 0.821. The van der Waals surface area contributed by atoms with Crippen LogP contribution in [0.4, 0.5) is 0 Å². The van der Waals surface area contributed by atoms with E-state index in [1.165, 1.54) is 0 Å². The Bertz CT molecular complexity index is 1190. The molecular formula is C56H95NO9. The fourth-order valence-electron chi connectivity index (χ4n) is 6.56. The van der Waals surface area contributed by atoms with Gasteiger partial charge in [-0.3, -0.25) is 9.59 Å². The maximum Gasteiger partial charge on any atom is 0.305 e. The molecule has 0 rings (SSSR count). The van der Waals surface area contributed by atoms with Crippen LogP contribution in [0.15, 0.2) is 0 Å². The average Bonchev–Trinajstić information content (AvgIpc) is 3.32. The quantitative estimate of drug-likeness (QED) is 0.0274. The van der Waals surface area contributed by atoms with Gasteiger partial charge >= 0.3 is 11.9 Å². The molecule has 0 radical (unpaired) electrons. The van der Waals surface area contributed by atoms with Gasteiger partial charge in [0.25, 0.3) is 0 Å².